The molecule has 1 aliphatic heterocycles. The van der Waals surface area contributed by atoms with Crippen molar-refractivity contribution in [3.05, 3.63) is 36.4 Å². The van der Waals surface area contributed by atoms with Gasteiger partial charge in [-0.15, -0.1) is 5.10 Å². The molecule has 0 bridgehead atoms. The van der Waals surface area contributed by atoms with E-state index in [1.165, 1.54) is 21.8 Å². The number of cyclic esters (lactones) is 1. The predicted octanol–water partition coefficient (Wildman–Crippen LogP) is 1.75. The van der Waals surface area contributed by atoms with Crippen LogP contribution >= 0.6 is 0 Å². The zero-order valence-corrected chi connectivity index (χ0v) is 10.2. The van der Waals surface area contributed by atoms with E-state index >= 15 is 0 Å². The number of carbonyl (C=O) groups excluding carboxylic acids is 1. The summed E-state index contributed by atoms with van der Waals surface area (Å²) < 4.78 is 20.4. The van der Waals surface area contributed by atoms with Gasteiger partial charge in [0.25, 0.3) is 0 Å². The van der Waals surface area contributed by atoms with Crippen molar-refractivity contribution < 1.29 is 13.9 Å². The molecule has 2 aromatic rings. The van der Waals surface area contributed by atoms with E-state index in [9.17, 15) is 9.18 Å². The molecule has 2 heterocycles. The Morgan fingerprint density at radius 1 is 1.47 bits per heavy atom. The minimum Gasteiger partial charge on any atom is -0.444 e. The van der Waals surface area contributed by atoms with Crippen LogP contribution in [0.5, 0.6) is 0 Å². The maximum Gasteiger partial charge on any atom is 0.414 e. The number of hydrogen-bond donors (Lipinski definition) is 0. The standard InChI is InChI=1S/C12H11FN4O2/c1-8-7-16(12(18)19-8)9-2-3-11(10(13)6-9)17-5-4-14-15-17/h2-6,8H,7H2,1H3. The monoisotopic (exact) mass is 262 g/mol. The normalized spacial score (nSPS) is 18.7. The summed E-state index contributed by atoms with van der Waals surface area (Å²) in [5.74, 6) is -0.477. The number of nitrogens with zero attached hydrogens (tertiary/aromatic N) is 4. The summed E-state index contributed by atoms with van der Waals surface area (Å²) in [7, 11) is 0. The van der Waals surface area contributed by atoms with Crippen LogP contribution in [0, 0.1) is 5.82 Å². The minimum atomic E-state index is -0.477. The lowest BCUT2D eigenvalue weighted by atomic mass is 10.2. The first-order valence-corrected chi connectivity index (χ1v) is 5.79. The van der Waals surface area contributed by atoms with Crippen LogP contribution in [0.15, 0.2) is 30.6 Å². The quantitative estimate of drug-likeness (QED) is 0.827. The van der Waals surface area contributed by atoms with E-state index in [2.05, 4.69) is 10.3 Å². The van der Waals surface area contributed by atoms with Gasteiger partial charge in [-0.3, -0.25) is 4.90 Å². The van der Waals surface area contributed by atoms with Crippen LogP contribution in [0.2, 0.25) is 0 Å². The van der Waals surface area contributed by atoms with Crippen LogP contribution < -0.4 is 4.90 Å². The number of amides is 1. The van der Waals surface area contributed by atoms with Gasteiger partial charge in [0.05, 0.1) is 24.6 Å². The Morgan fingerprint density at radius 2 is 2.32 bits per heavy atom. The number of carbonyl (C=O) groups is 1. The Morgan fingerprint density at radius 3 is 2.89 bits per heavy atom. The van der Waals surface area contributed by atoms with Crippen LogP contribution in [0.25, 0.3) is 5.69 Å². The molecular weight excluding hydrogens is 251 g/mol. The summed E-state index contributed by atoms with van der Waals surface area (Å²) in [5.41, 5.74) is 0.748. The van der Waals surface area contributed by atoms with Gasteiger partial charge in [0.2, 0.25) is 0 Å². The number of benzene rings is 1. The second-order valence-corrected chi connectivity index (χ2v) is 4.29. The molecule has 98 valence electrons. The Bertz CT molecular complexity index is 614. The molecule has 0 radical (unpaired) electrons. The van der Waals surface area contributed by atoms with E-state index in [-0.39, 0.29) is 11.8 Å². The Balaban J connectivity index is 1.94. The summed E-state index contributed by atoms with van der Waals surface area (Å²) in [4.78, 5) is 13.0. The SMILES string of the molecule is CC1CN(c2ccc(-n3ccnn3)c(F)c2)C(=O)O1. The van der Waals surface area contributed by atoms with E-state index in [4.69, 9.17) is 4.74 Å². The van der Waals surface area contributed by atoms with E-state index < -0.39 is 11.9 Å². The zero-order chi connectivity index (χ0) is 13.4. The van der Waals surface area contributed by atoms with Crippen molar-refractivity contribution in [2.24, 2.45) is 0 Å². The lowest BCUT2D eigenvalue weighted by Gasteiger charge is -2.13. The van der Waals surface area contributed by atoms with E-state index in [0.717, 1.165) is 0 Å². The summed E-state index contributed by atoms with van der Waals surface area (Å²) in [5, 5.41) is 7.35. The molecule has 1 atom stereocenters. The topological polar surface area (TPSA) is 60.2 Å². The van der Waals surface area contributed by atoms with E-state index in [1.54, 1.807) is 25.3 Å². The predicted molar refractivity (Wildman–Crippen MR) is 64.6 cm³/mol. The van der Waals surface area contributed by atoms with Crippen LogP contribution in [0.1, 0.15) is 6.92 Å². The van der Waals surface area contributed by atoms with Crippen molar-refractivity contribution in [3.8, 4) is 5.69 Å². The molecule has 0 saturated carbocycles. The van der Waals surface area contributed by atoms with Gasteiger partial charge >= 0.3 is 6.09 Å². The summed E-state index contributed by atoms with van der Waals surface area (Å²) >= 11 is 0. The molecule has 0 aliphatic carbocycles. The van der Waals surface area contributed by atoms with Gasteiger partial charge in [-0.2, -0.15) is 0 Å². The average Bonchev–Trinajstić information content (AvgIpc) is 2.99. The molecular formula is C12H11FN4O2. The van der Waals surface area contributed by atoms with Crippen LogP contribution in [0.3, 0.4) is 0 Å². The molecule has 1 aromatic heterocycles. The number of hydrogen-bond acceptors (Lipinski definition) is 4. The highest BCUT2D eigenvalue weighted by molar-refractivity contribution is 5.89. The fourth-order valence-electron chi connectivity index (χ4n) is 2.00. The highest BCUT2D eigenvalue weighted by Gasteiger charge is 2.29. The van der Waals surface area contributed by atoms with Crippen LogP contribution in [-0.4, -0.2) is 33.7 Å². The highest BCUT2D eigenvalue weighted by Crippen LogP contribution is 2.24. The third-order valence-electron chi connectivity index (χ3n) is 2.87. The molecule has 6 nitrogen and oxygen atoms in total. The van der Waals surface area contributed by atoms with Crippen molar-refractivity contribution in [3.63, 3.8) is 0 Å². The zero-order valence-electron chi connectivity index (χ0n) is 10.2. The fourth-order valence-corrected chi connectivity index (χ4v) is 2.00. The number of ether oxygens (including phenoxy) is 1. The third kappa shape index (κ3) is 2.03. The molecule has 1 unspecified atom stereocenters. The molecule has 0 N–H and O–H groups in total. The van der Waals surface area contributed by atoms with Crippen molar-refractivity contribution in [2.75, 3.05) is 11.4 Å². The first-order chi connectivity index (χ1) is 9.15. The minimum absolute atomic E-state index is 0.189. The molecule has 7 heteroatoms. The number of halogens is 1. The molecule has 1 aliphatic rings. The molecule has 1 aromatic carbocycles. The maximum absolute atomic E-state index is 14.0. The van der Waals surface area contributed by atoms with Gasteiger partial charge in [-0.05, 0) is 25.1 Å². The van der Waals surface area contributed by atoms with E-state index in [0.29, 0.717) is 12.2 Å². The highest BCUT2D eigenvalue weighted by atomic mass is 19.1. The van der Waals surface area contributed by atoms with Crippen molar-refractivity contribution in [2.45, 2.75) is 13.0 Å². The van der Waals surface area contributed by atoms with E-state index in [1.807, 2.05) is 0 Å². The summed E-state index contributed by atoms with van der Waals surface area (Å²) in [6.07, 6.45) is 2.36. The van der Waals surface area contributed by atoms with Gasteiger partial charge in [0.1, 0.15) is 11.8 Å². The first-order valence-electron chi connectivity index (χ1n) is 5.79. The Hall–Kier alpha value is -2.44. The Labute approximate surface area is 108 Å². The lowest BCUT2D eigenvalue weighted by molar-refractivity contribution is 0.150. The molecule has 1 saturated heterocycles. The fraction of sp³-hybridized carbons (Fsp3) is 0.250. The van der Waals surface area contributed by atoms with Crippen molar-refractivity contribution >= 4 is 11.8 Å². The largest absolute Gasteiger partial charge is 0.444 e. The lowest BCUT2D eigenvalue weighted by Crippen LogP contribution is -2.24. The molecule has 1 amide bonds. The van der Waals surface area contributed by atoms with Crippen LogP contribution in [0.4, 0.5) is 14.9 Å². The second kappa shape index (κ2) is 4.34. The molecule has 19 heavy (non-hydrogen) atoms. The summed E-state index contributed by atoms with van der Waals surface area (Å²) in [6.45, 7) is 2.21. The smallest absolute Gasteiger partial charge is 0.414 e. The van der Waals surface area contributed by atoms with Gasteiger partial charge in [0, 0.05) is 0 Å². The third-order valence-corrected chi connectivity index (χ3v) is 2.87. The number of rotatable bonds is 2. The van der Waals surface area contributed by atoms with Gasteiger partial charge in [0.15, 0.2) is 5.82 Å². The maximum atomic E-state index is 14.0. The number of aromatic nitrogens is 3. The molecule has 1 fully saturated rings. The van der Waals surface area contributed by atoms with Gasteiger partial charge < -0.3 is 4.74 Å². The second-order valence-electron chi connectivity index (χ2n) is 4.29. The Kier molecular flexibility index (Phi) is 2.66. The molecule has 3 rings (SSSR count). The van der Waals surface area contributed by atoms with Crippen molar-refractivity contribution in [1.82, 2.24) is 15.0 Å². The van der Waals surface area contributed by atoms with Crippen molar-refractivity contribution in [1.29, 1.82) is 0 Å². The first kappa shape index (κ1) is 11.6. The van der Waals surface area contributed by atoms with Gasteiger partial charge in [-0.25, -0.2) is 13.9 Å². The summed E-state index contributed by atoms with van der Waals surface area (Å²) in [6, 6.07) is 4.49. The molecule has 0 spiro atoms. The van der Waals surface area contributed by atoms with Gasteiger partial charge in [-0.1, -0.05) is 5.21 Å². The average molecular weight is 262 g/mol. The van der Waals surface area contributed by atoms with Crippen LogP contribution in [-0.2, 0) is 4.74 Å². The number of anilines is 1.